The van der Waals surface area contributed by atoms with Gasteiger partial charge in [0.15, 0.2) is 23.1 Å². The number of ether oxygens (including phenoxy) is 2. The maximum absolute atomic E-state index is 14.2. The Bertz CT molecular complexity index is 1480. The molecule has 2 aromatic heterocycles. The molecule has 4 rings (SSSR count). The molecule has 5 nitrogen and oxygen atoms in total. The third-order valence-corrected chi connectivity index (χ3v) is 6.64. The number of fused-ring (bicyclic) bond motifs is 1. The van der Waals surface area contributed by atoms with E-state index < -0.39 is 0 Å². The number of hydrogen-bond acceptors (Lipinski definition) is 6. The maximum atomic E-state index is 14.2. The van der Waals surface area contributed by atoms with Crippen molar-refractivity contribution in [3.05, 3.63) is 76.5 Å². The average molecular weight is 502 g/mol. The lowest BCUT2D eigenvalue weighted by atomic mass is 10.0. The molecule has 0 spiro atoms. The number of rotatable bonds is 10. The van der Waals surface area contributed by atoms with E-state index in [9.17, 15) is 14.0 Å². The summed E-state index contributed by atoms with van der Waals surface area (Å²) in [6.07, 6.45) is 6.44. The van der Waals surface area contributed by atoms with E-state index >= 15 is 0 Å². The van der Waals surface area contributed by atoms with Crippen LogP contribution in [0, 0.1) is 18.2 Å². The summed E-state index contributed by atoms with van der Waals surface area (Å²) in [6, 6.07) is 13.1. The highest BCUT2D eigenvalue weighted by Crippen LogP contribution is 2.35. The van der Waals surface area contributed by atoms with Crippen molar-refractivity contribution >= 4 is 33.0 Å². The molecule has 36 heavy (non-hydrogen) atoms. The van der Waals surface area contributed by atoms with Crippen LogP contribution in [-0.2, 0) is 0 Å². The van der Waals surface area contributed by atoms with Crippen molar-refractivity contribution in [1.29, 1.82) is 0 Å². The van der Waals surface area contributed by atoms with E-state index in [-0.39, 0.29) is 35.9 Å². The van der Waals surface area contributed by atoms with Crippen LogP contribution >= 0.6 is 11.3 Å². The van der Waals surface area contributed by atoms with Crippen molar-refractivity contribution in [2.45, 2.75) is 26.2 Å². The molecule has 0 bridgehead atoms. The van der Waals surface area contributed by atoms with Crippen molar-refractivity contribution in [2.24, 2.45) is 0 Å². The molecule has 4 aromatic rings. The van der Waals surface area contributed by atoms with Crippen LogP contribution in [0.25, 0.3) is 21.3 Å². The highest BCUT2D eigenvalue weighted by atomic mass is 32.1. The van der Waals surface area contributed by atoms with Gasteiger partial charge in [-0.2, -0.15) is 0 Å². The minimum atomic E-state index is -0.312. The second kappa shape index (κ2) is 11.1. The Morgan fingerprint density at radius 3 is 2.64 bits per heavy atom. The van der Waals surface area contributed by atoms with Gasteiger partial charge in [0.25, 0.3) is 0 Å². The van der Waals surface area contributed by atoms with Gasteiger partial charge in [0.2, 0.25) is 0 Å². The number of ketones is 2. The van der Waals surface area contributed by atoms with Gasteiger partial charge in [-0.05, 0) is 42.8 Å². The van der Waals surface area contributed by atoms with E-state index in [2.05, 4.69) is 10.9 Å². The SMILES string of the molecule is C#Cc1cc(C(=O)CCC(=O)c2ccc(OCCC)c(OC)c2)nc(-c2csc3c(F)cccc23)c1. The topological polar surface area (TPSA) is 65.5 Å². The fraction of sp³-hybridized carbons (Fsp3) is 0.207. The van der Waals surface area contributed by atoms with Gasteiger partial charge in [-0.1, -0.05) is 25.0 Å². The van der Waals surface area contributed by atoms with Crippen LogP contribution in [0.3, 0.4) is 0 Å². The van der Waals surface area contributed by atoms with E-state index in [1.165, 1.54) is 30.6 Å². The molecule has 0 aliphatic rings. The predicted molar refractivity (Wildman–Crippen MR) is 140 cm³/mol. The van der Waals surface area contributed by atoms with Crippen molar-refractivity contribution in [3.63, 3.8) is 0 Å². The number of thiophene rings is 1. The Labute approximate surface area is 212 Å². The molecular weight excluding hydrogens is 477 g/mol. The van der Waals surface area contributed by atoms with Gasteiger partial charge >= 0.3 is 0 Å². The van der Waals surface area contributed by atoms with Crippen LogP contribution in [0.1, 0.15) is 52.6 Å². The standard InChI is InChI=1S/C29H24FNO4S/c1-4-13-35-27-12-9-19(16-28(27)34-3)25(32)10-11-26(33)24-15-18(5-2)14-23(31-24)21-17-36-29-20(21)7-6-8-22(29)30/h2,6-9,12,14-17H,4,10-11,13H2,1,3H3. The minimum Gasteiger partial charge on any atom is -0.493 e. The Morgan fingerprint density at radius 1 is 1.08 bits per heavy atom. The normalized spacial score (nSPS) is 10.7. The lowest BCUT2D eigenvalue weighted by Crippen LogP contribution is -2.08. The number of nitrogens with zero attached hydrogens (tertiary/aromatic N) is 1. The fourth-order valence-corrected chi connectivity index (χ4v) is 4.76. The van der Waals surface area contributed by atoms with Gasteiger partial charge in [-0.25, -0.2) is 9.37 Å². The number of Topliss-reactive ketones (excluding diaryl/α,β-unsaturated/α-hetero) is 2. The van der Waals surface area contributed by atoms with Crippen LogP contribution < -0.4 is 9.47 Å². The highest BCUT2D eigenvalue weighted by Gasteiger charge is 2.18. The Morgan fingerprint density at radius 2 is 1.89 bits per heavy atom. The fourth-order valence-electron chi connectivity index (χ4n) is 3.79. The molecule has 7 heteroatoms. The summed E-state index contributed by atoms with van der Waals surface area (Å²) < 4.78 is 25.7. The molecule has 0 atom stereocenters. The van der Waals surface area contributed by atoms with Crippen LogP contribution in [0.2, 0.25) is 0 Å². The Hall–Kier alpha value is -4.02. The molecule has 0 aliphatic heterocycles. The van der Waals surface area contributed by atoms with Crippen molar-refractivity contribution in [1.82, 2.24) is 4.98 Å². The molecule has 0 fully saturated rings. The summed E-state index contributed by atoms with van der Waals surface area (Å²) >= 11 is 1.27. The Balaban J connectivity index is 1.53. The molecule has 0 saturated carbocycles. The first-order valence-electron chi connectivity index (χ1n) is 11.5. The summed E-state index contributed by atoms with van der Waals surface area (Å²) in [6.45, 7) is 2.54. The summed E-state index contributed by atoms with van der Waals surface area (Å²) in [5, 5.41) is 2.51. The largest absolute Gasteiger partial charge is 0.493 e. The molecule has 2 aromatic carbocycles. The molecule has 0 radical (unpaired) electrons. The lowest BCUT2D eigenvalue weighted by Gasteiger charge is -2.11. The van der Waals surface area contributed by atoms with Crippen LogP contribution in [0.4, 0.5) is 4.39 Å². The van der Waals surface area contributed by atoms with E-state index in [4.69, 9.17) is 15.9 Å². The number of hydrogen-bond donors (Lipinski definition) is 0. The first kappa shape index (κ1) is 25.1. The smallest absolute Gasteiger partial charge is 0.181 e. The zero-order valence-corrected chi connectivity index (χ0v) is 20.8. The summed E-state index contributed by atoms with van der Waals surface area (Å²) in [5.74, 6) is 2.77. The van der Waals surface area contributed by atoms with E-state index in [0.717, 1.165) is 6.42 Å². The number of terminal acetylenes is 1. The van der Waals surface area contributed by atoms with Crippen molar-refractivity contribution < 1.29 is 23.5 Å². The Kier molecular flexibility index (Phi) is 7.77. The number of halogens is 1. The predicted octanol–water partition coefficient (Wildman–Crippen LogP) is 6.73. The second-order valence-electron chi connectivity index (χ2n) is 8.10. The molecule has 2 heterocycles. The minimum absolute atomic E-state index is 0.00103. The molecular formula is C29H24FNO4S. The number of aromatic nitrogens is 1. The van der Waals surface area contributed by atoms with Crippen molar-refractivity contribution in [2.75, 3.05) is 13.7 Å². The molecule has 0 amide bonds. The van der Waals surface area contributed by atoms with Crippen LogP contribution in [0.5, 0.6) is 11.5 Å². The van der Waals surface area contributed by atoms with Gasteiger partial charge in [0.1, 0.15) is 11.5 Å². The number of carbonyl (C=O) groups is 2. The number of benzene rings is 2. The molecule has 0 aliphatic carbocycles. The van der Waals surface area contributed by atoms with Gasteiger partial charge < -0.3 is 9.47 Å². The summed E-state index contributed by atoms with van der Waals surface area (Å²) in [5.41, 5.74) is 2.28. The quantitative estimate of drug-likeness (QED) is 0.178. The third kappa shape index (κ3) is 5.29. The molecule has 0 unspecified atom stereocenters. The number of pyridine rings is 1. The number of carbonyl (C=O) groups excluding carboxylic acids is 2. The lowest BCUT2D eigenvalue weighted by molar-refractivity contribution is 0.0915. The highest BCUT2D eigenvalue weighted by molar-refractivity contribution is 7.17. The molecule has 0 saturated heterocycles. The van der Waals surface area contributed by atoms with E-state index in [1.807, 2.05) is 13.0 Å². The van der Waals surface area contributed by atoms with Gasteiger partial charge in [-0.3, -0.25) is 9.59 Å². The summed E-state index contributed by atoms with van der Waals surface area (Å²) in [7, 11) is 1.51. The zero-order chi connectivity index (χ0) is 25.7. The van der Waals surface area contributed by atoms with Crippen molar-refractivity contribution in [3.8, 4) is 35.1 Å². The van der Waals surface area contributed by atoms with Gasteiger partial charge in [0, 0.05) is 40.3 Å². The number of methoxy groups -OCH3 is 1. The maximum Gasteiger partial charge on any atom is 0.181 e. The first-order valence-corrected chi connectivity index (χ1v) is 12.3. The van der Waals surface area contributed by atoms with E-state index in [1.54, 1.807) is 35.7 Å². The average Bonchev–Trinajstić information content (AvgIpc) is 3.35. The zero-order valence-electron chi connectivity index (χ0n) is 20.0. The van der Waals surface area contributed by atoms with Gasteiger partial charge in [0.05, 0.1) is 24.1 Å². The third-order valence-electron chi connectivity index (χ3n) is 5.63. The summed E-state index contributed by atoms with van der Waals surface area (Å²) in [4.78, 5) is 30.3. The second-order valence-corrected chi connectivity index (χ2v) is 8.98. The monoisotopic (exact) mass is 501 g/mol. The molecule has 182 valence electrons. The van der Waals surface area contributed by atoms with Crippen LogP contribution in [0.15, 0.2) is 53.9 Å². The van der Waals surface area contributed by atoms with E-state index in [0.29, 0.717) is 50.6 Å². The molecule has 0 N–H and O–H groups in total. The first-order chi connectivity index (χ1) is 17.4. The van der Waals surface area contributed by atoms with Gasteiger partial charge in [-0.15, -0.1) is 17.8 Å². The van der Waals surface area contributed by atoms with Crippen LogP contribution in [-0.4, -0.2) is 30.3 Å².